The number of benzene rings is 2. The molecule has 1 aliphatic rings. The Morgan fingerprint density at radius 2 is 1.48 bits per heavy atom. The predicted molar refractivity (Wildman–Crippen MR) is 99.0 cm³/mol. The van der Waals surface area contributed by atoms with E-state index in [0.717, 1.165) is 0 Å². The van der Waals surface area contributed by atoms with Gasteiger partial charge in [-0.1, -0.05) is 74.5 Å². The largest absolute Gasteiger partial charge is 0.364 e. The Morgan fingerprint density at radius 3 is 2.09 bits per heavy atom. The monoisotopic (exact) mass is 303 g/mol. The summed E-state index contributed by atoms with van der Waals surface area (Å²) in [6, 6.07) is 22.4. The van der Waals surface area contributed by atoms with Crippen molar-refractivity contribution in [2.24, 2.45) is 0 Å². The summed E-state index contributed by atoms with van der Waals surface area (Å²) in [5.74, 6) is 0. The van der Waals surface area contributed by atoms with Gasteiger partial charge in [-0.2, -0.15) is 0 Å². The number of nitrogens with zero attached hydrogens (tertiary/aromatic N) is 1. The van der Waals surface area contributed by atoms with E-state index in [9.17, 15) is 0 Å². The molecular weight excluding hydrogens is 278 g/mol. The van der Waals surface area contributed by atoms with E-state index >= 15 is 0 Å². The van der Waals surface area contributed by atoms with E-state index in [4.69, 9.17) is 0 Å². The third kappa shape index (κ3) is 3.39. The van der Waals surface area contributed by atoms with Crippen LogP contribution >= 0.6 is 0 Å². The van der Waals surface area contributed by atoms with Gasteiger partial charge in [0.25, 0.3) is 0 Å². The molecule has 0 radical (unpaired) electrons. The van der Waals surface area contributed by atoms with Gasteiger partial charge in [0.2, 0.25) is 0 Å². The highest BCUT2D eigenvalue weighted by molar-refractivity contribution is 5.75. The zero-order valence-electron chi connectivity index (χ0n) is 14.0. The Kier molecular flexibility index (Phi) is 4.97. The Balaban J connectivity index is 1.99. The van der Waals surface area contributed by atoms with Gasteiger partial charge >= 0.3 is 0 Å². The quantitative estimate of drug-likeness (QED) is 0.671. The van der Waals surface area contributed by atoms with E-state index in [1.807, 2.05) is 0 Å². The summed E-state index contributed by atoms with van der Waals surface area (Å²) in [6.45, 7) is 4.56. The van der Waals surface area contributed by atoms with Gasteiger partial charge in [-0.15, -0.1) is 0 Å². The van der Waals surface area contributed by atoms with Crippen molar-refractivity contribution in [1.29, 1.82) is 0 Å². The first-order valence-corrected chi connectivity index (χ1v) is 8.61. The minimum atomic E-state index is 0.307. The molecule has 2 aromatic carbocycles. The summed E-state index contributed by atoms with van der Waals surface area (Å²) in [6.07, 6.45) is 9.28. The predicted octanol–water partition coefficient (Wildman–Crippen LogP) is 5.83. The molecule has 0 saturated heterocycles. The van der Waals surface area contributed by atoms with Crippen molar-refractivity contribution in [3.63, 3.8) is 0 Å². The minimum absolute atomic E-state index is 0.307. The summed E-state index contributed by atoms with van der Waals surface area (Å²) < 4.78 is 0. The van der Waals surface area contributed by atoms with Gasteiger partial charge in [0.1, 0.15) is 0 Å². The normalized spacial score (nSPS) is 17.4. The molecule has 1 heterocycles. The second-order valence-electron chi connectivity index (χ2n) is 6.08. The van der Waals surface area contributed by atoms with Gasteiger partial charge in [0, 0.05) is 12.2 Å². The fraction of sp³-hybridized carbons (Fsp3) is 0.273. The summed E-state index contributed by atoms with van der Waals surface area (Å²) in [5.41, 5.74) is 3.95. The van der Waals surface area contributed by atoms with Crippen molar-refractivity contribution in [3.8, 4) is 0 Å². The van der Waals surface area contributed by atoms with Crippen LogP contribution in [0.3, 0.4) is 0 Å². The lowest BCUT2D eigenvalue weighted by atomic mass is 9.93. The maximum atomic E-state index is 2.52. The van der Waals surface area contributed by atoms with Crippen molar-refractivity contribution in [1.82, 2.24) is 4.90 Å². The molecule has 1 nitrogen and oxygen atoms in total. The van der Waals surface area contributed by atoms with E-state index in [0.29, 0.717) is 12.1 Å². The molecule has 0 bridgehead atoms. The molecule has 0 saturated carbocycles. The number of hydrogen-bond acceptors (Lipinski definition) is 1. The van der Waals surface area contributed by atoms with Crippen LogP contribution in [0.15, 0.2) is 79.0 Å². The summed E-state index contributed by atoms with van der Waals surface area (Å²) >= 11 is 0. The van der Waals surface area contributed by atoms with Gasteiger partial charge in [0.15, 0.2) is 0 Å². The molecule has 0 amide bonds. The lowest BCUT2D eigenvalue weighted by Crippen LogP contribution is -2.34. The second kappa shape index (κ2) is 7.32. The van der Waals surface area contributed by atoms with Crippen LogP contribution < -0.4 is 0 Å². The van der Waals surface area contributed by atoms with E-state index < -0.39 is 0 Å². The molecule has 0 spiro atoms. The minimum Gasteiger partial charge on any atom is -0.364 e. The topological polar surface area (TPSA) is 3.24 Å². The molecule has 0 aliphatic carbocycles. The van der Waals surface area contributed by atoms with Gasteiger partial charge in [-0.25, -0.2) is 0 Å². The van der Waals surface area contributed by atoms with Gasteiger partial charge in [-0.3, -0.25) is 0 Å². The van der Waals surface area contributed by atoms with Gasteiger partial charge < -0.3 is 4.90 Å². The van der Waals surface area contributed by atoms with Gasteiger partial charge in [-0.05, 0) is 41.7 Å². The Morgan fingerprint density at radius 1 is 0.870 bits per heavy atom. The highest BCUT2D eigenvalue weighted by atomic mass is 15.2. The first kappa shape index (κ1) is 15.6. The van der Waals surface area contributed by atoms with Crippen molar-refractivity contribution < 1.29 is 0 Å². The van der Waals surface area contributed by atoms with E-state index in [2.05, 4.69) is 97.8 Å². The molecule has 118 valence electrons. The fourth-order valence-electron chi connectivity index (χ4n) is 3.37. The van der Waals surface area contributed by atoms with Crippen molar-refractivity contribution in [3.05, 3.63) is 90.1 Å². The van der Waals surface area contributed by atoms with Crippen LogP contribution in [0.4, 0.5) is 0 Å². The zero-order valence-corrected chi connectivity index (χ0v) is 14.0. The standard InChI is InChI=1S/C22H25N/c1-3-21(4-2)23-16-15-20(18-11-7-5-8-12-18)17-22(23)19-13-9-6-10-14-19/h5-17,21-22H,3-4H2,1-2H3. The Bertz CT molecular complexity index is 666. The van der Waals surface area contributed by atoms with Crippen molar-refractivity contribution in [2.75, 3.05) is 0 Å². The molecule has 2 aromatic rings. The smallest absolute Gasteiger partial charge is 0.0733 e. The molecule has 1 heteroatoms. The lowest BCUT2D eigenvalue weighted by molar-refractivity contribution is 0.222. The van der Waals surface area contributed by atoms with Crippen LogP contribution in [0.1, 0.15) is 43.9 Å². The SMILES string of the molecule is CCC(CC)N1C=CC(c2ccccc2)=CC1c1ccccc1. The first-order valence-electron chi connectivity index (χ1n) is 8.61. The molecule has 0 aromatic heterocycles. The summed E-state index contributed by atoms with van der Waals surface area (Å²) in [7, 11) is 0. The average Bonchev–Trinajstić information content (AvgIpc) is 2.64. The molecule has 1 atom stereocenters. The Labute approximate surface area is 140 Å². The molecule has 0 fully saturated rings. The summed E-state index contributed by atoms with van der Waals surface area (Å²) in [5, 5.41) is 0. The average molecular weight is 303 g/mol. The molecule has 1 unspecified atom stereocenters. The van der Waals surface area contributed by atoms with Crippen LogP contribution in [0, 0.1) is 0 Å². The second-order valence-corrected chi connectivity index (χ2v) is 6.08. The number of hydrogen-bond donors (Lipinski definition) is 0. The zero-order chi connectivity index (χ0) is 16.1. The fourth-order valence-corrected chi connectivity index (χ4v) is 3.37. The number of allylic oxidation sites excluding steroid dienone is 2. The molecule has 23 heavy (non-hydrogen) atoms. The van der Waals surface area contributed by atoms with Crippen LogP contribution in [-0.2, 0) is 0 Å². The maximum absolute atomic E-state index is 2.52. The molecular formula is C22H25N. The Hall–Kier alpha value is -2.28. The first-order chi connectivity index (χ1) is 11.3. The van der Waals surface area contributed by atoms with Crippen LogP contribution in [0.5, 0.6) is 0 Å². The van der Waals surface area contributed by atoms with Crippen LogP contribution in [0.2, 0.25) is 0 Å². The van der Waals surface area contributed by atoms with Crippen molar-refractivity contribution >= 4 is 5.57 Å². The van der Waals surface area contributed by atoms with Crippen molar-refractivity contribution in [2.45, 2.75) is 38.8 Å². The lowest BCUT2D eigenvalue weighted by Gasteiger charge is -2.38. The van der Waals surface area contributed by atoms with Crippen LogP contribution in [0.25, 0.3) is 5.57 Å². The highest BCUT2D eigenvalue weighted by Gasteiger charge is 2.24. The van der Waals surface area contributed by atoms with Crippen LogP contribution in [-0.4, -0.2) is 10.9 Å². The van der Waals surface area contributed by atoms with E-state index in [1.165, 1.54) is 29.5 Å². The maximum Gasteiger partial charge on any atom is 0.0733 e. The number of rotatable bonds is 5. The third-order valence-electron chi connectivity index (χ3n) is 4.70. The highest BCUT2D eigenvalue weighted by Crippen LogP contribution is 2.34. The third-order valence-corrected chi connectivity index (χ3v) is 4.70. The van der Waals surface area contributed by atoms with Gasteiger partial charge in [0.05, 0.1) is 6.04 Å². The molecule has 0 N–H and O–H groups in total. The summed E-state index contributed by atoms with van der Waals surface area (Å²) in [4.78, 5) is 2.52. The van der Waals surface area contributed by atoms with E-state index in [1.54, 1.807) is 0 Å². The van der Waals surface area contributed by atoms with E-state index in [-0.39, 0.29) is 0 Å². The molecule has 1 aliphatic heterocycles. The molecule has 3 rings (SSSR count).